The van der Waals surface area contributed by atoms with Crippen LogP contribution in [0.25, 0.3) is 0 Å². The molecule has 0 aromatic rings. The van der Waals surface area contributed by atoms with Crippen molar-refractivity contribution in [3.63, 3.8) is 0 Å². The van der Waals surface area contributed by atoms with Crippen LogP contribution in [0.15, 0.2) is 0 Å². The van der Waals surface area contributed by atoms with Crippen molar-refractivity contribution in [1.82, 2.24) is 4.90 Å². The predicted octanol–water partition coefficient (Wildman–Crippen LogP) is -0.546. The lowest BCUT2D eigenvalue weighted by molar-refractivity contribution is 0.242. The van der Waals surface area contributed by atoms with E-state index in [9.17, 15) is 8.42 Å². The molecule has 0 atom stereocenters. The highest BCUT2D eigenvalue weighted by Crippen LogP contribution is 2.07. The third kappa shape index (κ3) is 4.06. The quantitative estimate of drug-likeness (QED) is 0.659. The summed E-state index contributed by atoms with van der Waals surface area (Å²) in [6, 6.07) is 0. The van der Waals surface area contributed by atoms with Gasteiger partial charge in [0.05, 0.1) is 11.5 Å². The molecular weight excluding hydrogens is 188 g/mol. The van der Waals surface area contributed by atoms with Crippen molar-refractivity contribution >= 4 is 9.84 Å². The molecule has 0 aliphatic carbocycles. The molecule has 1 heterocycles. The first-order valence-electron chi connectivity index (χ1n) is 4.50. The molecule has 78 valence electrons. The van der Waals surface area contributed by atoms with Crippen molar-refractivity contribution in [3.05, 3.63) is 0 Å². The third-order valence-electron chi connectivity index (χ3n) is 2.07. The van der Waals surface area contributed by atoms with Crippen LogP contribution in [0.5, 0.6) is 0 Å². The molecular formula is C8H18N2O2S. The number of rotatable bonds is 2. The lowest BCUT2D eigenvalue weighted by atomic mass is 10.1. The van der Waals surface area contributed by atoms with Crippen LogP contribution in [-0.4, -0.2) is 50.0 Å². The van der Waals surface area contributed by atoms with Crippen molar-refractivity contribution in [2.24, 2.45) is 5.73 Å². The van der Waals surface area contributed by atoms with Gasteiger partial charge in [-0.2, -0.15) is 0 Å². The molecule has 0 aromatic carbocycles. The smallest absolute Gasteiger partial charge is 0.152 e. The normalized spacial score (nSPS) is 24.5. The molecule has 0 radical (unpaired) electrons. The maximum atomic E-state index is 11.1. The fraction of sp³-hybridized carbons (Fsp3) is 1.00. The molecule has 0 aromatic heterocycles. The maximum Gasteiger partial charge on any atom is 0.152 e. The van der Waals surface area contributed by atoms with E-state index in [1.165, 1.54) is 0 Å². The Morgan fingerprint density at radius 1 is 1.31 bits per heavy atom. The van der Waals surface area contributed by atoms with Gasteiger partial charge in [0, 0.05) is 25.2 Å². The highest BCUT2D eigenvalue weighted by atomic mass is 32.2. The Bertz CT molecular complexity index is 252. The lowest BCUT2D eigenvalue weighted by Crippen LogP contribution is -2.50. The van der Waals surface area contributed by atoms with Crippen LogP contribution >= 0.6 is 0 Å². The fourth-order valence-corrected chi connectivity index (χ4v) is 2.76. The summed E-state index contributed by atoms with van der Waals surface area (Å²) in [6.45, 7) is 5.93. The van der Waals surface area contributed by atoms with Gasteiger partial charge < -0.3 is 5.73 Å². The second kappa shape index (κ2) is 3.55. The molecule has 2 N–H and O–H groups in total. The summed E-state index contributed by atoms with van der Waals surface area (Å²) in [5.41, 5.74) is 5.61. The molecule has 1 saturated heterocycles. The minimum atomic E-state index is -2.75. The zero-order valence-electron chi connectivity index (χ0n) is 8.28. The molecule has 0 unspecified atom stereocenters. The highest BCUT2D eigenvalue weighted by Gasteiger charge is 2.24. The number of hydrogen-bond acceptors (Lipinski definition) is 4. The van der Waals surface area contributed by atoms with Crippen LogP contribution < -0.4 is 5.73 Å². The van der Waals surface area contributed by atoms with Gasteiger partial charge in [-0.1, -0.05) is 0 Å². The second-order valence-electron chi connectivity index (χ2n) is 4.42. The van der Waals surface area contributed by atoms with Crippen LogP contribution in [0.4, 0.5) is 0 Å². The Morgan fingerprint density at radius 3 is 2.15 bits per heavy atom. The van der Waals surface area contributed by atoms with Gasteiger partial charge in [-0.15, -0.1) is 0 Å². The number of nitrogens with two attached hydrogens (primary N) is 1. The van der Waals surface area contributed by atoms with Crippen molar-refractivity contribution in [2.45, 2.75) is 19.4 Å². The van der Waals surface area contributed by atoms with E-state index in [0.29, 0.717) is 13.1 Å². The molecule has 4 nitrogen and oxygen atoms in total. The van der Waals surface area contributed by atoms with E-state index in [-0.39, 0.29) is 17.0 Å². The van der Waals surface area contributed by atoms with Crippen LogP contribution in [0, 0.1) is 0 Å². The first kappa shape index (κ1) is 10.9. The minimum absolute atomic E-state index is 0.235. The summed E-state index contributed by atoms with van der Waals surface area (Å²) in [5.74, 6) is 0.562. The first-order chi connectivity index (χ1) is 5.79. The fourth-order valence-electron chi connectivity index (χ4n) is 1.48. The van der Waals surface area contributed by atoms with E-state index < -0.39 is 9.84 Å². The number of nitrogens with zero attached hydrogens (tertiary/aromatic N) is 1. The minimum Gasteiger partial charge on any atom is -0.324 e. The second-order valence-corrected chi connectivity index (χ2v) is 6.72. The number of hydrogen-bond donors (Lipinski definition) is 1. The van der Waals surface area contributed by atoms with Crippen LogP contribution in [0.2, 0.25) is 0 Å². The van der Waals surface area contributed by atoms with E-state index in [4.69, 9.17) is 5.73 Å². The van der Waals surface area contributed by atoms with Gasteiger partial charge in [0.25, 0.3) is 0 Å². The van der Waals surface area contributed by atoms with Gasteiger partial charge in [-0.25, -0.2) is 8.42 Å². The van der Waals surface area contributed by atoms with Crippen molar-refractivity contribution in [2.75, 3.05) is 31.1 Å². The Kier molecular flexibility index (Phi) is 2.99. The Labute approximate surface area is 80.0 Å². The first-order valence-corrected chi connectivity index (χ1v) is 6.32. The number of sulfone groups is 1. The van der Waals surface area contributed by atoms with E-state index in [0.717, 1.165) is 6.54 Å². The average molecular weight is 206 g/mol. The largest absolute Gasteiger partial charge is 0.324 e. The Morgan fingerprint density at radius 2 is 1.77 bits per heavy atom. The molecule has 0 amide bonds. The average Bonchev–Trinajstić information content (AvgIpc) is 1.91. The lowest BCUT2D eigenvalue weighted by Gasteiger charge is -2.32. The van der Waals surface area contributed by atoms with E-state index in [2.05, 4.69) is 4.90 Å². The van der Waals surface area contributed by atoms with Crippen LogP contribution in [0.3, 0.4) is 0 Å². The summed E-state index contributed by atoms with van der Waals surface area (Å²) in [4.78, 5) is 2.11. The van der Waals surface area contributed by atoms with E-state index >= 15 is 0 Å². The van der Waals surface area contributed by atoms with Crippen LogP contribution in [-0.2, 0) is 9.84 Å². The summed E-state index contributed by atoms with van der Waals surface area (Å²) in [5, 5.41) is 0. The molecule has 5 heteroatoms. The topological polar surface area (TPSA) is 63.4 Å². The SMILES string of the molecule is CC(C)(N)CN1CCS(=O)(=O)CC1. The summed E-state index contributed by atoms with van der Waals surface area (Å²) < 4.78 is 22.2. The van der Waals surface area contributed by atoms with Gasteiger partial charge in [0.1, 0.15) is 0 Å². The van der Waals surface area contributed by atoms with Crippen molar-refractivity contribution < 1.29 is 8.42 Å². The van der Waals surface area contributed by atoms with Crippen LogP contribution in [0.1, 0.15) is 13.8 Å². The molecule has 0 bridgehead atoms. The van der Waals surface area contributed by atoms with E-state index in [1.807, 2.05) is 13.8 Å². The molecule has 1 rings (SSSR count). The standard InChI is InChI=1S/C8H18N2O2S/c1-8(2,9)7-10-3-5-13(11,12)6-4-10/h3-7,9H2,1-2H3. The van der Waals surface area contributed by atoms with E-state index in [1.54, 1.807) is 0 Å². The van der Waals surface area contributed by atoms with Gasteiger partial charge >= 0.3 is 0 Å². The zero-order valence-corrected chi connectivity index (χ0v) is 9.10. The van der Waals surface area contributed by atoms with Crippen molar-refractivity contribution in [1.29, 1.82) is 0 Å². The molecule has 0 spiro atoms. The third-order valence-corrected chi connectivity index (χ3v) is 3.68. The molecule has 13 heavy (non-hydrogen) atoms. The summed E-state index contributed by atoms with van der Waals surface area (Å²) in [6.07, 6.45) is 0. The zero-order chi connectivity index (χ0) is 10.1. The van der Waals surface area contributed by atoms with Gasteiger partial charge in [0.2, 0.25) is 0 Å². The van der Waals surface area contributed by atoms with Gasteiger partial charge in [-0.3, -0.25) is 4.90 Å². The van der Waals surface area contributed by atoms with Crippen molar-refractivity contribution in [3.8, 4) is 0 Å². The maximum absolute atomic E-state index is 11.1. The monoisotopic (exact) mass is 206 g/mol. The molecule has 1 aliphatic heterocycles. The Balaban J connectivity index is 2.43. The highest BCUT2D eigenvalue weighted by molar-refractivity contribution is 7.91. The predicted molar refractivity (Wildman–Crippen MR) is 53.4 cm³/mol. The van der Waals surface area contributed by atoms with Gasteiger partial charge in [-0.05, 0) is 13.8 Å². The molecule has 0 saturated carbocycles. The summed E-state index contributed by atoms with van der Waals surface area (Å²) >= 11 is 0. The Hall–Kier alpha value is -0.130. The van der Waals surface area contributed by atoms with Gasteiger partial charge in [0.15, 0.2) is 9.84 Å². The summed E-state index contributed by atoms with van der Waals surface area (Å²) in [7, 11) is -2.75. The molecule has 1 aliphatic rings. The molecule has 1 fully saturated rings.